The number of nitrogens with zero attached hydrogens (tertiary/aromatic N) is 4. The van der Waals surface area contributed by atoms with E-state index in [4.69, 9.17) is 4.74 Å². The first-order valence-corrected chi connectivity index (χ1v) is 8.51. The van der Waals surface area contributed by atoms with Crippen LogP contribution in [0.1, 0.15) is 38.4 Å². The van der Waals surface area contributed by atoms with Crippen LogP contribution in [-0.2, 0) is 11.4 Å². The van der Waals surface area contributed by atoms with Gasteiger partial charge < -0.3 is 9.64 Å². The Morgan fingerprint density at radius 1 is 1.29 bits per heavy atom. The largest absolute Gasteiger partial charge is 0.487 e. The highest BCUT2D eigenvalue weighted by atomic mass is 16.5. The maximum absolute atomic E-state index is 12.6. The van der Waals surface area contributed by atoms with Crippen LogP contribution >= 0.6 is 0 Å². The molecule has 1 aliphatic heterocycles. The second kappa shape index (κ2) is 7.47. The number of hydrogen-bond donors (Lipinski definition) is 0. The summed E-state index contributed by atoms with van der Waals surface area (Å²) >= 11 is 0. The lowest BCUT2D eigenvalue weighted by molar-refractivity contribution is -0.135. The Kier molecular flexibility index (Phi) is 5.13. The Morgan fingerprint density at radius 3 is 2.71 bits per heavy atom. The third kappa shape index (κ3) is 3.93. The van der Waals surface area contributed by atoms with Gasteiger partial charge in [0.25, 0.3) is 0 Å². The van der Waals surface area contributed by atoms with Crippen LogP contribution in [0.5, 0.6) is 5.75 Å². The summed E-state index contributed by atoms with van der Waals surface area (Å²) in [5.41, 5.74) is 0.714. The number of carbonyl (C=O) groups is 1. The zero-order valence-corrected chi connectivity index (χ0v) is 14.3. The fourth-order valence-electron chi connectivity index (χ4n) is 2.85. The van der Waals surface area contributed by atoms with Gasteiger partial charge in [0.15, 0.2) is 0 Å². The molecular formula is C18H24N4O2. The van der Waals surface area contributed by atoms with E-state index in [1.165, 1.54) is 0 Å². The van der Waals surface area contributed by atoms with E-state index in [1.54, 1.807) is 10.9 Å². The lowest BCUT2D eigenvalue weighted by atomic mass is 9.99. The van der Waals surface area contributed by atoms with Gasteiger partial charge in [-0.3, -0.25) is 4.79 Å². The minimum atomic E-state index is -0.337. The molecule has 1 amide bonds. The summed E-state index contributed by atoms with van der Waals surface area (Å²) in [6.07, 6.45) is 3.94. The molecule has 1 aromatic heterocycles. The standard InChI is InChI=1S/C18H24N4O2/c1-14-8-10-21(11-9-14)18(23)15(2)22-12-16(19-20-22)13-24-17-6-4-3-5-7-17/h3-7,12,14-15H,8-11,13H2,1-2H3. The summed E-state index contributed by atoms with van der Waals surface area (Å²) in [6.45, 7) is 6.12. The summed E-state index contributed by atoms with van der Waals surface area (Å²) < 4.78 is 7.29. The van der Waals surface area contributed by atoms with Crippen LogP contribution in [0.2, 0.25) is 0 Å². The molecule has 1 aromatic carbocycles. The van der Waals surface area contributed by atoms with Crippen molar-refractivity contribution in [1.29, 1.82) is 0 Å². The number of hydrogen-bond acceptors (Lipinski definition) is 4. The van der Waals surface area contributed by atoms with Crippen molar-refractivity contribution in [2.24, 2.45) is 5.92 Å². The van der Waals surface area contributed by atoms with E-state index in [-0.39, 0.29) is 11.9 Å². The van der Waals surface area contributed by atoms with Crippen molar-refractivity contribution in [3.05, 3.63) is 42.2 Å². The Labute approximate surface area is 142 Å². The molecular weight excluding hydrogens is 304 g/mol. The van der Waals surface area contributed by atoms with E-state index in [1.807, 2.05) is 42.2 Å². The van der Waals surface area contributed by atoms with Crippen LogP contribution in [-0.4, -0.2) is 38.9 Å². The van der Waals surface area contributed by atoms with Crippen molar-refractivity contribution in [3.63, 3.8) is 0 Å². The molecule has 6 heteroatoms. The first kappa shape index (κ1) is 16.5. The Bertz CT molecular complexity index is 663. The molecule has 6 nitrogen and oxygen atoms in total. The molecule has 1 saturated heterocycles. The second-order valence-corrected chi connectivity index (χ2v) is 6.48. The second-order valence-electron chi connectivity index (χ2n) is 6.48. The van der Waals surface area contributed by atoms with Gasteiger partial charge in [0.2, 0.25) is 5.91 Å². The molecule has 2 heterocycles. The summed E-state index contributed by atoms with van der Waals surface area (Å²) in [7, 11) is 0. The highest BCUT2D eigenvalue weighted by Gasteiger charge is 2.26. The summed E-state index contributed by atoms with van der Waals surface area (Å²) in [5, 5.41) is 8.21. The van der Waals surface area contributed by atoms with Crippen molar-refractivity contribution < 1.29 is 9.53 Å². The van der Waals surface area contributed by atoms with Crippen molar-refractivity contribution in [2.75, 3.05) is 13.1 Å². The molecule has 3 rings (SSSR count). The molecule has 24 heavy (non-hydrogen) atoms. The Balaban J connectivity index is 1.57. The highest BCUT2D eigenvalue weighted by Crippen LogP contribution is 2.19. The lowest BCUT2D eigenvalue weighted by Gasteiger charge is -2.32. The Morgan fingerprint density at radius 2 is 2.00 bits per heavy atom. The highest BCUT2D eigenvalue weighted by molar-refractivity contribution is 5.80. The summed E-state index contributed by atoms with van der Waals surface area (Å²) in [4.78, 5) is 14.5. The summed E-state index contributed by atoms with van der Waals surface area (Å²) in [6, 6.07) is 9.25. The number of para-hydroxylation sites is 1. The van der Waals surface area contributed by atoms with Crippen LogP contribution in [0.25, 0.3) is 0 Å². The van der Waals surface area contributed by atoms with Gasteiger partial charge in [-0.05, 0) is 37.8 Å². The maximum Gasteiger partial charge on any atom is 0.247 e. The third-order valence-electron chi connectivity index (χ3n) is 4.54. The number of rotatable bonds is 5. The number of ether oxygens (including phenoxy) is 1. The average Bonchev–Trinajstić information content (AvgIpc) is 3.09. The normalized spacial score (nSPS) is 16.8. The van der Waals surface area contributed by atoms with E-state index in [2.05, 4.69) is 17.2 Å². The predicted octanol–water partition coefficient (Wildman–Crippen LogP) is 2.68. The van der Waals surface area contributed by atoms with Crippen molar-refractivity contribution in [3.8, 4) is 5.75 Å². The first-order valence-electron chi connectivity index (χ1n) is 8.51. The van der Waals surface area contributed by atoms with Crippen molar-refractivity contribution >= 4 is 5.91 Å². The molecule has 0 spiro atoms. The fraction of sp³-hybridized carbons (Fsp3) is 0.500. The topological polar surface area (TPSA) is 60.2 Å². The van der Waals surface area contributed by atoms with Gasteiger partial charge in [-0.1, -0.05) is 30.3 Å². The fourth-order valence-corrected chi connectivity index (χ4v) is 2.85. The summed E-state index contributed by atoms with van der Waals surface area (Å²) in [5.74, 6) is 1.61. The van der Waals surface area contributed by atoms with E-state index in [0.717, 1.165) is 31.7 Å². The van der Waals surface area contributed by atoms with E-state index in [9.17, 15) is 4.79 Å². The zero-order chi connectivity index (χ0) is 16.9. The van der Waals surface area contributed by atoms with Gasteiger partial charge in [-0.25, -0.2) is 4.68 Å². The van der Waals surface area contributed by atoms with Gasteiger partial charge in [-0.2, -0.15) is 0 Å². The molecule has 1 atom stereocenters. The van der Waals surface area contributed by atoms with Crippen molar-refractivity contribution in [2.45, 2.75) is 39.3 Å². The van der Waals surface area contributed by atoms with E-state index in [0.29, 0.717) is 18.2 Å². The van der Waals surface area contributed by atoms with Crippen LogP contribution in [0.4, 0.5) is 0 Å². The quantitative estimate of drug-likeness (QED) is 0.846. The van der Waals surface area contributed by atoms with Crippen LogP contribution in [0, 0.1) is 5.92 Å². The average molecular weight is 328 g/mol. The monoisotopic (exact) mass is 328 g/mol. The van der Waals surface area contributed by atoms with E-state index >= 15 is 0 Å². The molecule has 1 unspecified atom stereocenters. The van der Waals surface area contributed by atoms with Gasteiger partial charge >= 0.3 is 0 Å². The lowest BCUT2D eigenvalue weighted by Crippen LogP contribution is -2.41. The molecule has 0 radical (unpaired) electrons. The van der Waals surface area contributed by atoms with Crippen LogP contribution in [0.15, 0.2) is 36.5 Å². The van der Waals surface area contributed by atoms with Crippen molar-refractivity contribution in [1.82, 2.24) is 19.9 Å². The smallest absolute Gasteiger partial charge is 0.247 e. The minimum absolute atomic E-state index is 0.113. The number of benzene rings is 1. The predicted molar refractivity (Wildman–Crippen MR) is 90.5 cm³/mol. The SMILES string of the molecule is CC1CCN(C(=O)C(C)n2cc(COc3ccccc3)nn2)CC1. The Hall–Kier alpha value is -2.37. The third-order valence-corrected chi connectivity index (χ3v) is 4.54. The molecule has 128 valence electrons. The number of likely N-dealkylation sites (tertiary alicyclic amines) is 1. The van der Waals surface area contributed by atoms with Gasteiger partial charge in [0.1, 0.15) is 24.1 Å². The van der Waals surface area contributed by atoms with Crippen LogP contribution in [0.3, 0.4) is 0 Å². The molecule has 0 N–H and O–H groups in total. The molecule has 1 aliphatic rings. The zero-order valence-electron chi connectivity index (χ0n) is 14.3. The first-order chi connectivity index (χ1) is 11.6. The molecule has 0 saturated carbocycles. The number of amides is 1. The number of aromatic nitrogens is 3. The van der Waals surface area contributed by atoms with Crippen LogP contribution < -0.4 is 4.74 Å². The number of piperidine rings is 1. The van der Waals surface area contributed by atoms with Gasteiger partial charge in [0, 0.05) is 13.1 Å². The van der Waals surface area contributed by atoms with Gasteiger partial charge in [-0.15, -0.1) is 5.10 Å². The molecule has 2 aromatic rings. The van der Waals surface area contributed by atoms with Gasteiger partial charge in [0.05, 0.1) is 6.20 Å². The minimum Gasteiger partial charge on any atom is -0.487 e. The van der Waals surface area contributed by atoms with E-state index < -0.39 is 0 Å². The molecule has 0 aliphatic carbocycles. The maximum atomic E-state index is 12.6. The molecule has 1 fully saturated rings. The molecule has 0 bridgehead atoms. The number of carbonyl (C=O) groups excluding carboxylic acids is 1.